The first kappa shape index (κ1) is 47.6. The van der Waals surface area contributed by atoms with Crippen LogP contribution in [-0.4, -0.2) is 83.6 Å². The fourth-order valence-corrected chi connectivity index (χ4v) is 6.70. The largest absolute Gasteiger partial charge is 0.393 e. The van der Waals surface area contributed by atoms with E-state index >= 15 is 0 Å². The van der Waals surface area contributed by atoms with Crippen LogP contribution in [0.5, 0.6) is 0 Å². The van der Waals surface area contributed by atoms with E-state index in [0.717, 1.165) is 74.9 Å². The lowest BCUT2D eigenvalue weighted by molar-refractivity contribution is 0.123. The van der Waals surface area contributed by atoms with Crippen molar-refractivity contribution in [3.8, 4) is 22.8 Å². The highest BCUT2D eigenvalue weighted by Gasteiger charge is 2.23. The molecule has 0 saturated heterocycles. The van der Waals surface area contributed by atoms with Crippen molar-refractivity contribution in [2.24, 2.45) is 5.73 Å². The second-order valence-electron chi connectivity index (χ2n) is 14.7. The van der Waals surface area contributed by atoms with Crippen molar-refractivity contribution in [2.75, 3.05) is 5.32 Å². The van der Waals surface area contributed by atoms with Gasteiger partial charge < -0.3 is 21.3 Å². The average molecular weight is 825 g/mol. The summed E-state index contributed by atoms with van der Waals surface area (Å²) in [6, 6.07) is 3.26. The number of fused-ring (bicyclic) bond motifs is 2. The molecule has 0 radical (unpaired) electrons. The molecule has 14 nitrogen and oxygen atoms in total. The fraction of sp³-hybridized carbons (Fsp3) is 0.512. The van der Waals surface area contributed by atoms with Crippen LogP contribution in [0.3, 0.4) is 0 Å². The van der Waals surface area contributed by atoms with Gasteiger partial charge in [-0.05, 0) is 86.9 Å². The minimum atomic E-state index is -0.445. The van der Waals surface area contributed by atoms with Crippen LogP contribution in [0, 0.1) is 11.6 Å². The van der Waals surface area contributed by atoms with Crippen molar-refractivity contribution in [2.45, 2.75) is 137 Å². The molecule has 0 atom stereocenters. The van der Waals surface area contributed by atoms with Crippen molar-refractivity contribution in [3.63, 3.8) is 0 Å². The van der Waals surface area contributed by atoms with Gasteiger partial charge in [0.25, 0.3) is 0 Å². The Morgan fingerprint density at radius 1 is 0.655 bits per heavy atom. The highest BCUT2D eigenvalue weighted by atomic mass is 35.5. The van der Waals surface area contributed by atoms with E-state index in [1.54, 1.807) is 23.1 Å². The van der Waals surface area contributed by atoms with E-state index < -0.39 is 11.6 Å². The Bertz CT molecular complexity index is 2190. The molecule has 0 amide bonds. The van der Waals surface area contributed by atoms with Crippen LogP contribution in [0.15, 0.2) is 49.3 Å². The van der Waals surface area contributed by atoms with Crippen molar-refractivity contribution in [1.29, 1.82) is 0 Å². The molecular formula is C41H59ClF2N12O2. The van der Waals surface area contributed by atoms with Crippen LogP contribution in [0.1, 0.15) is 124 Å². The van der Waals surface area contributed by atoms with Crippen molar-refractivity contribution in [3.05, 3.63) is 77.4 Å². The summed E-state index contributed by atoms with van der Waals surface area (Å²) in [6.07, 6.45) is 15.6. The summed E-state index contributed by atoms with van der Waals surface area (Å²) >= 11 is 6.11. The molecule has 5 N–H and O–H groups in total. The summed E-state index contributed by atoms with van der Waals surface area (Å²) in [5, 5.41) is 31.0. The molecule has 0 unspecified atom stereocenters. The number of nitrogens with zero attached hydrogens (tertiary/aromatic N) is 10. The van der Waals surface area contributed by atoms with Gasteiger partial charge in [-0.25, -0.2) is 18.7 Å². The number of hydrogen-bond donors (Lipinski definition) is 4. The molecule has 316 valence electrons. The average Bonchev–Trinajstić information content (AvgIpc) is 3.80. The van der Waals surface area contributed by atoms with Gasteiger partial charge in [-0.15, -0.1) is 0 Å². The standard InChI is InChI=1S/C19H23FN6O.C13H11ClFN5.C6H13NO.3CH4/c1-11(2)16-10-22-26-18(16)24-17(12-7-13(20)9-21-8-12)25-19(26)23-14-3-5-15(27)6-4-14;1-7(2)10-6-17-20-12(10)18-11(19-13(20)14)8-3-9(15)5-16-4-8;7-5-1-3-6(8)4-2-5;;;/h7-11,14-15,27H,3-6H2,1-2H3,(H,23,24,25);3-7H,1-2H3;5-6,8H,1-4,7H2;3*1H4. The van der Waals surface area contributed by atoms with Crippen molar-refractivity contribution in [1.82, 2.24) is 49.1 Å². The monoisotopic (exact) mass is 824 g/mol. The first-order valence-electron chi connectivity index (χ1n) is 18.6. The smallest absolute Gasteiger partial charge is 0.228 e. The third-order valence-corrected chi connectivity index (χ3v) is 9.94. The van der Waals surface area contributed by atoms with Crippen LogP contribution in [0.25, 0.3) is 34.1 Å². The molecule has 6 aromatic heterocycles. The maximum atomic E-state index is 13.6. The maximum Gasteiger partial charge on any atom is 0.228 e. The normalized spacial score (nSPS) is 18.9. The Labute approximate surface area is 344 Å². The van der Waals surface area contributed by atoms with Crippen molar-refractivity contribution >= 4 is 28.8 Å². The maximum absolute atomic E-state index is 13.6. The minimum Gasteiger partial charge on any atom is -0.393 e. The fourth-order valence-electron chi connectivity index (χ4n) is 6.49. The second-order valence-corrected chi connectivity index (χ2v) is 15.0. The van der Waals surface area contributed by atoms with Gasteiger partial charge in [0, 0.05) is 46.7 Å². The number of rotatable bonds is 6. The third kappa shape index (κ3) is 11.7. The molecular weight excluding hydrogens is 766 g/mol. The minimum absolute atomic E-state index is 0. The number of hydrogen-bond acceptors (Lipinski definition) is 12. The zero-order valence-electron chi connectivity index (χ0n) is 31.3. The summed E-state index contributed by atoms with van der Waals surface area (Å²) in [5.41, 5.74) is 9.88. The predicted molar refractivity (Wildman–Crippen MR) is 226 cm³/mol. The van der Waals surface area contributed by atoms with E-state index in [2.05, 4.69) is 59.3 Å². The number of halogens is 3. The first-order valence-corrected chi connectivity index (χ1v) is 19.0. The number of nitrogens with one attached hydrogen (secondary N) is 1. The molecule has 8 rings (SSSR count). The van der Waals surface area contributed by atoms with E-state index in [4.69, 9.17) is 22.4 Å². The highest BCUT2D eigenvalue weighted by Crippen LogP contribution is 2.28. The topological polar surface area (TPSA) is 190 Å². The van der Waals surface area contributed by atoms with Gasteiger partial charge in [0.1, 0.15) is 11.6 Å². The summed E-state index contributed by atoms with van der Waals surface area (Å²) in [4.78, 5) is 25.5. The molecule has 0 spiro atoms. The zero-order chi connectivity index (χ0) is 39.2. The van der Waals surface area contributed by atoms with Crippen LogP contribution in [-0.2, 0) is 0 Å². The molecule has 2 saturated carbocycles. The number of anilines is 1. The van der Waals surface area contributed by atoms with Gasteiger partial charge in [-0.3, -0.25) is 9.97 Å². The molecule has 2 aliphatic carbocycles. The highest BCUT2D eigenvalue weighted by molar-refractivity contribution is 6.28. The molecule has 6 heterocycles. The third-order valence-electron chi connectivity index (χ3n) is 9.69. The number of aliphatic hydroxyl groups is 2. The lowest BCUT2D eigenvalue weighted by Crippen LogP contribution is -2.29. The zero-order valence-corrected chi connectivity index (χ0v) is 32.1. The molecule has 6 aromatic rings. The SMILES string of the molecule is C.C.C.CC(C)c1cnn2c(Cl)nc(-c3cncc(F)c3)nc12.CC(C)c1cnn2c(NC3CCC(O)CC3)nc(-c3cncc(F)c3)nc12.NC1CCC(O)CC1. The summed E-state index contributed by atoms with van der Waals surface area (Å²) in [6.45, 7) is 8.24. The molecule has 17 heteroatoms. The van der Waals surface area contributed by atoms with Gasteiger partial charge in [0.15, 0.2) is 22.9 Å². The van der Waals surface area contributed by atoms with E-state index in [1.807, 2.05) is 13.8 Å². The summed E-state index contributed by atoms with van der Waals surface area (Å²) < 4.78 is 30.1. The number of nitrogens with two attached hydrogens (primary N) is 1. The quantitative estimate of drug-likeness (QED) is 0.126. The van der Waals surface area contributed by atoms with Gasteiger partial charge in [0.2, 0.25) is 11.2 Å². The summed E-state index contributed by atoms with van der Waals surface area (Å²) in [5.74, 6) is 0.939. The van der Waals surface area contributed by atoms with Crippen LogP contribution in [0.4, 0.5) is 14.7 Å². The molecule has 58 heavy (non-hydrogen) atoms. The molecule has 0 aliphatic heterocycles. The van der Waals surface area contributed by atoms with Crippen LogP contribution < -0.4 is 11.1 Å². The molecule has 0 bridgehead atoms. The summed E-state index contributed by atoms with van der Waals surface area (Å²) in [7, 11) is 0. The van der Waals surface area contributed by atoms with E-state index in [0.29, 0.717) is 46.1 Å². The van der Waals surface area contributed by atoms with Gasteiger partial charge in [0.05, 0.1) is 37.0 Å². The predicted octanol–water partition coefficient (Wildman–Crippen LogP) is 8.42. The second kappa shape index (κ2) is 21.3. The number of aliphatic hydroxyl groups excluding tert-OH is 2. The Kier molecular flexibility index (Phi) is 17.5. The van der Waals surface area contributed by atoms with E-state index in [9.17, 15) is 13.9 Å². The lowest BCUT2D eigenvalue weighted by Gasteiger charge is -2.26. The van der Waals surface area contributed by atoms with Crippen molar-refractivity contribution < 1.29 is 19.0 Å². The number of aromatic nitrogens is 10. The first-order chi connectivity index (χ1) is 26.4. The molecule has 2 fully saturated rings. The van der Waals surface area contributed by atoms with E-state index in [-0.39, 0.29) is 57.6 Å². The van der Waals surface area contributed by atoms with Crippen LogP contribution in [0.2, 0.25) is 5.28 Å². The lowest BCUT2D eigenvalue weighted by atomic mass is 9.93. The van der Waals surface area contributed by atoms with E-state index in [1.165, 1.54) is 22.8 Å². The number of pyridine rings is 2. The molecule has 0 aromatic carbocycles. The Morgan fingerprint density at radius 3 is 1.57 bits per heavy atom. The van der Waals surface area contributed by atoms with Gasteiger partial charge in [-0.1, -0.05) is 50.0 Å². The Hall–Kier alpha value is -4.77. The van der Waals surface area contributed by atoms with Gasteiger partial charge in [-0.2, -0.15) is 29.2 Å². The Balaban J connectivity index is 0.000000256. The van der Waals surface area contributed by atoms with Gasteiger partial charge >= 0.3 is 0 Å². The Morgan fingerprint density at radius 2 is 1.10 bits per heavy atom. The molecule has 2 aliphatic rings. The van der Waals surface area contributed by atoms with Crippen LogP contribution >= 0.6 is 11.6 Å².